The first kappa shape index (κ1) is 12.3. The molecule has 0 aliphatic heterocycles. The maximum Gasteiger partial charge on any atom is 0.263 e. The Morgan fingerprint density at radius 1 is 1.47 bits per heavy atom. The average molecular weight is 276 g/mol. The molecule has 4 nitrogen and oxygen atoms in total. The topological polar surface area (TPSA) is 64.3 Å². The van der Waals surface area contributed by atoms with Crippen LogP contribution in [-0.2, 0) is 0 Å². The molecule has 100 valence electrons. The van der Waals surface area contributed by atoms with Crippen LogP contribution in [0.5, 0.6) is 5.75 Å². The number of benzene rings is 1. The van der Waals surface area contributed by atoms with Crippen molar-refractivity contribution < 1.29 is 9.53 Å². The molecule has 0 unspecified atom stereocenters. The van der Waals surface area contributed by atoms with E-state index in [2.05, 4.69) is 5.32 Å². The SMILES string of the molecule is COc1ccc2c(N)c(C(=O)NC3CCC3)sc2c1. The quantitative estimate of drug-likeness (QED) is 0.906. The molecule has 1 aromatic carbocycles. The molecule has 1 saturated carbocycles. The Labute approximate surface area is 115 Å². The summed E-state index contributed by atoms with van der Waals surface area (Å²) in [5, 5.41) is 3.94. The highest BCUT2D eigenvalue weighted by atomic mass is 32.1. The van der Waals surface area contributed by atoms with Gasteiger partial charge >= 0.3 is 0 Å². The minimum Gasteiger partial charge on any atom is -0.497 e. The summed E-state index contributed by atoms with van der Waals surface area (Å²) in [6.45, 7) is 0. The van der Waals surface area contributed by atoms with Crippen LogP contribution >= 0.6 is 11.3 Å². The number of nitrogens with two attached hydrogens (primary N) is 1. The molecule has 5 heteroatoms. The summed E-state index contributed by atoms with van der Waals surface area (Å²) in [6, 6.07) is 6.00. The highest BCUT2D eigenvalue weighted by molar-refractivity contribution is 7.21. The number of carbonyl (C=O) groups is 1. The second-order valence-electron chi connectivity index (χ2n) is 4.81. The van der Waals surface area contributed by atoms with Crippen molar-refractivity contribution in [2.24, 2.45) is 0 Å². The Bertz CT molecular complexity index is 632. The van der Waals surface area contributed by atoms with Gasteiger partial charge in [0.05, 0.1) is 12.8 Å². The number of amides is 1. The normalized spacial score (nSPS) is 15.2. The molecule has 19 heavy (non-hydrogen) atoms. The molecular formula is C14H16N2O2S. The van der Waals surface area contributed by atoms with Gasteiger partial charge in [-0.05, 0) is 37.5 Å². The predicted octanol–water partition coefficient (Wildman–Crippen LogP) is 2.77. The Balaban J connectivity index is 1.94. The lowest BCUT2D eigenvalue weighted by Gasteiger charge is -2.26. The smallest absolute Gasteiger partial charge is 0.263 e. The standard InChI is InChI=1S/C14H16N2O2S/c1-18-9-5-6-10-11(7-9)19-13(12(10)15)14(17)16-8-3-2-4-8/h5-8H,2-4,15H2,1H3,(H,16,17). The minimum atomic E-state index is -0.0534. The highest BCUT2D eigenvalue weighted by Gasteiger charge is 2.23. The predicted molar refractivity (Wildman–Crippen MR) is 77.9 cm³/mol. The number of thiophene rings is 1. The third-order valence-electron chi connectivity index (χ3n) is 3.58. The van der Waals surface area contributed by atoms with E-state index in [1.165, 1.54) is 17.8 Å². The number of nitrogen functional groups attached to an aromatic ring is 1. The van der Waals surface area contributed by atoms with E-state index in [1.807, 2.05) is 18.2 Å². The maximum atomic E-state index is 12.2. The van der Waals surface area contributed by atoms with Crippen LogP contribution in [0.2, 0.25) is 0 Å². The fourth-order valence-electron chi connectivity index (χ4n) is 2.20. The molecule has 3 N–H and O–H groups in total. The van der Waals surface area contributed by atoms with Gasteiger partial charge in [-0.15, -0.1) is 11.3 Å². The number of fused-ring (bicyclic) bond motifs is 1. The molecule has 3 rings (SSSR count). The largest absolute Gasteiger partial charge is 0.497 e. The number of hydrogen-bond acceptors (Lipinski definition) is 4. The van der Waals surface area contributed by atoms with Gasteiger partial charge in [0.15, 0.2) is 0 Å². The van der Waals surface area contributed by atoms with Crippen molar-refractivity contribution in [3.8, 4) is 5.75 Å². The summed E-state index contributed by atoms with van der Waals surface area (Å²) >= 11 is 1.42. The Hall–Kier alpha value is -1.75. The molecule has 0 atom stereocenters. The monoisotopic (exact) mass is 276 g/mol. The third kappa shape index (κ3) is 2.14. The van der Waals surface area contributed by atoms with Crippen LogP contribution < -0.4 is 15.8 Å². The van der Waals surface area contributed by atoms with Gasteiger partial charge in [-0.3, -0.25) is 4.79 Å². The first-order chi connectivity index (χ1) is 9.19. The molecule has 0 bridgehead atoms. The summed E-state index contributed by atoms with van der Waals surface area (Å²) < 4.78 is 6.17. The van der Waals surface area contributed by atoms with Crippen LogP contribution in [0.3, 0.4) is 0 Å². The van der Waals surface area contributed by atoms with Gasteiger partial charge in [-0.1, -0.05) is 0 Å². The first-order valence-electron chi connectivity index (χ1n) is 6.36. The lowest BCUT2D eigenvalue weighted by molar-refractivity contribution is 0.0922. The second kappa shape index (κ2) is 4.74. The van der Waals surface area contributed by atoms with Gasteiger partial charge in [-0.2, -0.15) is 0 Å². The third-order valence-corrected chi connectivity index (χ3v) is 4.75. The van der Waals surface area contributed by atoms with Gasteiger partial charge in [0.2, 0.25) is 0 Å². The Morgan fingerprint density at radius 2 is 2.26 bits per heavy atom. The fourth-order valence-corrected chi connectivity index (χ4v) is 3.25. The highest BCUT2D eigenvalue weighted by Crippen LogP contribution is 2.36. The van der Waals surface area contributed by atoms with E-state index in [0.717, 1.165) is 28.7 Å². The number of ether oxygens (including phenoxy) is 1. The van der Waals surface area contributed by atoms with Crippen molar-refractivity contribution in [1.82, 2.24) is 5.32 Å². The average Bonchev–Trinajstić information content (AvgIpc) is 2.70. The number of carbonyl (C=O) groups excluding carboxylic acids is 1. The van der Waals surface area contributed by atoms with Crippen molar-refractivity contribution in [2.45, 2.75) is 25.3 Å². The van der Waals surface area contributed by atoms with E-state index < -0.39 is 0 Å². The zero-order chi connectivity index (χ0) is 13.4. The number of hydrogen-bond donors (Lipinski definition) is 2. The summed E-state index contributed by atoms with van der Waals surface area (Å²) in [5.74, 6) is 0.724. The molecule has 0 radical (unpaired) electrons. The zero-order valence-electron chi connectivity index (χ0n) is 10.7. The summed E-state index contributed by atoms with van der Waals surface area (Å²) in [6.07, 6.45) is 3.35. The number of rotatable bonds is 3. The lowest BCUT2D eigenvalue weighted by Crippen LogP contribution is -2.39. The van der Waals surface area contributed by atoms with Gasteiger partial charge in [0, 0.05) is 16.1 Å². The maximum absolute atomic E-state index is 12.2. The molecule has 1 amide bonds. The van der Waals surface area contributed by atoms with E-state index in [1.54, 1.807) is 7.11 Å². The Morgan fingerprint density at radius 3 is 2.89 bits per heavy atom. The van der Waals surface area contributed by atoms with E-state index >= 15 is 0 Å². The van der Waals surface area contributed by atoms with Crippen molar-refractivity contribution in [1.29, 1.82) is 0 Å². The van der Waals surface area contributed by atoms with Gasteiger partial charge in [0.1, 0.15) is 10.6 Å². The van der Waals surface area contributed by atoms with E-state index in [4.69, 9.17) is 10.5 Å². The molecule has 1 aliphatic rings. The molecule has 1 fully saturated rings. The molecular weight excluding hydrogens is 260 g/mol. The van der Waals surface area contributed by atoms with Crippen LogP contribution in [0.1, 0.15) is 28.9 Å². The number of methoxy groups -OCH3 is 1. The minimum absolute atomic E-state index is 0.0534. The first-order valence-corrected chi connectivity index (χ1v) is 7.17. The van der Waals surface area contributed by atoms with Gasteiger partial charge < -0.3 is 15.8 Å². The molecule has 2 aromatic rings. The number of nitrogens with one attached hydrogen (secondary N) is 1. The summed E-state index contributed by atoms with van der Waals surface area (Å²) in [5.41, 5.74) is 6.64. The van der Waals surface area contributed by atoms with Crippen LogP contribution in [0.4, 0.5) is 5.69 Å². The molecule has 1 aliphatic carbocycles. The van der Waals surface area contributed by atoms with Gasteiger partial charge in [0.25, 0.3) is 5.91 Å². The van der Waals surface area contributed by atoms with E-state index in [0.29, 0.717) is 16.6 Å². The van der Waals surface area contributed by atoms with E-state index in [-0.39, 0.29) is 5.91 Å². The lowest BCUT2D eigenvalue weighted by atomic mass is 9.93. The Kier molecular flexibility index (Phi) is 3.06. The van der Waals surface area contributed by atoms with E-state index in [9.17, 15) is 4.79 Å². The van der Waals surface area contributed by atoms with Crippen LogP contribution in [-0.4, -0.2) is 19.1 Å². The molecule has 0 spiro atoms. The number of anilines is 1. The van der Waals surface area contributed by atoms with Crippen LogP contribution in [0.25, 0.3) is 10.1 Å². The molecule has 1 heterocycles. The summed E-state index contributed by atoms with van der Waals surface area (Å²) in [7, 11) is 1.63. The van der Waals surface area contributed by atoms with Crippen LogP contribution in [0, 0.1) is 0 Å². The van der Waals surface area contributed by atoms with Crippen molar-refractivity contribution >= 4 is 33.0 Å². The van der Waals surface area contributed by atoms with Gasteiger partial charge in [-0.25, -0.2) is 0 Å². The molecule has 1 aromatic heterocycles. The second-order valence-corrected chi connectivity index (χ2v) is 5.86. The zero-order valence-corrected chi connectivity index (χ0v) is 11.5. The van der Waals surface area contributed by atoms with Crippen LogP contribution in [0.15, 0.2) is 18.2 Å². The van der Waals surface area contributed by atoms with Crippen molar-refractivity contribution in [3.63, 3.8) is 0 Å². The fraction of sp³-hybridized carbons (Fsp3) is 0.357. The van der Waals surface area contributed by atoms with Crippen molar-refractivity contribution in [3.05, 3.63) is 23.1 Å². The summed E-state index contributed by atoms with van der Waals surface area (Å²) in [4.78, 5) is 12.8. The molecule has 0 saturated heterocycles. The van der Waals surface area contributed by atoms with Crippen molar-refractivity contribution in [2.75, 3.05) is 12.8 Å².